The Morgan fingerprint density at radius 3 is 2.57 bits per heavy atom. The van der Waals surface area contributed by atoms with Crippen molar-refractivity contribution >= 4 is 29.2 Å². The van der Waals surface area contributed by atoms with Gasteiger partial charge in [-0.3, -0.25) is 9.59 Å². The number of aromatic nitrogens is 2. The molecule has 1 saturated heterocycles. The molecule has 44 heavy (non-hydrogen) atoms. The summed E-state index contributed by atoms with van der Waals surface area (Å²) < 4.78 is 50.1. The summed E-state index contributed by atoms with van der Waals surface area (Å²) in [5.41, 5.74) is -1.18. The number of hydrogen-bond acceptors (Lipinski definition) is 8. The molecule has 6 rings (SSSR count). The van der Waals surface area contributed by atoms with Gasteiger partial charge >= 0.3 is 5.97 Å². The van der Waals surface area contributed by atoms with Crippen molar-refractivity contribution in [1.29, 1.82) is 0 Å². The minimum Gasteiger partial charge on any atom is -0.497 e. The molecule has 0 spiro atoms. The summed E-state index contributed by atoms with van der Waals surface area (Å²) >= 11 is 0. The second-order valence-electron chi connectivity index (χ2n) is 14.5. The maximum Gasteiger partial charge on any atom is 0.307 e. The Kier molecular flexibility index (Phi) is 7.40. The Hall–Kier alpha value is -3.37. The van der Waals surface area contributed by atoms with E-state index in [0.29, 0.717) is 43.2 Å². The van der Waals surface area contributed by atoms with E-state index in [4.69, 9.17) is 14.2 Å². The monoisotopic (exact) mass is 613 g/mol. The Labute approximate surface area is 256 Å². The minimum atomic E-state index is -3.31. The molecular weight excluding hydrogens is 572 g/mol. The van der Waals surface area contributed by atoms with Gasteiger partial charge in [0, 0.05) is 23.8 Å². The van der Waals surface area contributed by atoms with E-state index in [2.05, 4.69) is 9.97 Å². The normalized spacial score (nSPS) is 35.3. The quantitative estimate of drug-likeness (QED) is 0.331. The summed E-state index contributed by atoms with van der Waals surface area (Å²) in [6.07, 6.45) is 2.02. The smallest absolute Gasteiger partial charge is 0.307 e. The van der Waals surface area contributed by atoms with Crippen LogP contribution >= 0.6 is 0 Å². The van der Waals surface area contributed by atoms with Crippen LogP contribution in [0.4, 0.5) is 8.78 Å². The fourth-order valence-electron chi connectivity index (χ4n) is 7.15. The topological polar surface area (TPSA) is 108 Å². The Morgan fingerprint density at radius 2 is 1.89 bits per heavy atom. The highest BCUT2D eigenvalue weighted by molar-refractivity contribution is 5.87. The molecule has 9 nitrogen and oxygen atoms in total. The number of rotatable bonds is 2. The van der Waals surface area contributed by atoms with E-state index in [0.717, 1.165) is 0 Å². The van der Waals surface area contributed by atoms with Gasteiger partial charge in [-0.25, -0.2) is 9.97 Å². The summed E-state index contributed by atoms with van der Waals surface area (Å²) in [6, 6.07) is 3.98. The first-order valence-corrected chi connectivity index (χ1v) is 15.5. The Balaban J connectivity index is 1.42. The van der Waals surface area contributed by atoms with E-state index >= 15 is 8.78 Å². The molecule has 1 aromatic heterocycles. The number of fused-ring (bicyclic) bond motifs is 6. The summed E-state index contributed by atoms with van der Waals surface area (Å²) in [4.78, 5) is 49.9. The van der Waals surface area contributed by atoms with Crippen LogP contribution in [0, 0.1) is 35.0 Å². The van der Waals surface area contributed by atoms with Crippen molar-refractivity contribution in [2.24, 2.45) is 35.0 Å². The Bertz CT molecular complexity index is 1490. The van der Waals surface area contributed by atoms with Crippen molar-refractivity contribution in [3.63, 3.8) is 0 Å². The maximum absolute atomic E-state index is 16.3. The van der Waals surface area contributed by atoms with E-state index in [1.165, 1.54) is 12.0 Å². The maximum atomic E-state index is 16.3. The molecular formula is C33H41F2N3O6. The summed E-state index contributed by atoms with van der Waals surface area (Å²) in [7, 11) is 1.50. The fourth-order valence-corrected chi connectivity index (χ4v) is 7.15. The highest BCUT2D eigenvalue weighted by Crippen LogP contribution is 2.59. The van der Waals surface area contributed by atoms with E-state index in [9.17, 15) is 14.4 Å². The molecule has 2 unspecified atom stereocenters. The number of benzene rings is 1. The van der Waals surface area contributed by atoms with Crippen molar-refractivity contribution in [3.8, 4) is 11.6 Å². The molecule has 0 radical (unpaired) electrons. The molecule has 8 atom stereocenters. The predicted octanol–water partition coefficient (Wildman–Crippen LogP) is 5.33. The highest BCUT2D eigenvalue weighted by atomic mass is 19.3. The molecule has 238 valence electrons. The van der Waals surface area contributed by atoms with Gasteiger partial charge < -0.3 is 23.9 Å². The molecule has 0 N–H and O–H groups in total. The molecule has 4 aliphatic rings. The van der Waals surface area contributed by atoms with Crippen LogP contribution in [0.5, 0.6) is 11.6 Å². The number of carbonyl (C=O) groups excluding carboxylic acids is 3. The second kappa shape index (κ2) is 10.6. The zero-order chi connectivity index (χ0) is 31.8. The van der Waals surface area contributed by atoms with Gasteiger partial charge in [0.05, 0.1) is 43.1 Å². The van der Waals surface area contributed by atoms with E-state index in [1.807, 2.05) is 27.7 Å². The number of aldehydes is 1. The van der Waals surface area contributed by atoms with Gasteiger partial charge in [-0.2, -0.15) is 8.78 Å². The number of nitrogens with zero attached hydrogens (tertiary/aromatic N) is 3. The van der Waals surface area contributed by atoms with Crippen molar-refractivity contribution in [2.45, 2.75) is 90.4 Å². The number of halogens is 2. The number of ether oxygens (including phenoxy) is 3. The number of amides is 1. The summed E-state index contributed by atoms with van der Waals surface area (Å²) in [5.74, 6) is -6.29. The number of hydrogen-bond donors (Lipinski definition) is 0. The first-order valence-electron chi connectivity index (χ1n) is 15.5. The Morgan fingerprint density at radius 1 is 1.14 bits per heavy atom. The van der Waals surface area contributed by atoms with Crippen LogP contribution in [0.1, 0.15) is 72.4 Å². The van der Waals surface area contributed by atoms with Crippen LogP contribution in [0.15, 0.2) is 18.2 Å². The first kappa shape index (κ1) is 30.6. The molecule has 2 saturated carbocycles. The second-order valence-corrected chi connectivity index (χ2v) is 14.5. The van der Waals surface area contributed by atoms with Gasteiger partial charge in [0.2, 0.25) is 11.8 Å². The molecule has 1 aromatic carbocycles. The lowest BCUT2D eigenvalue weighted by Crippen LogP contribution is -2.46. The first-order chi connectivity index (χ1) is 20.7. The summed E-state index contributed by atoms with van der Waals surface area (Å²) in [6.45, 7) is 9.22. The van der Waals surface area contributed by atoms with Crippen molar-refractivity contribution < 1.29 is 37.4 Å². The van der Waals surface area contributed by atoms with Crippen molar-refractivity contribution in [1.82, 2.24) is 14.9 Å². The van der Waals surface area contributed by atoms with Gasteiger partial charge in [0.25, 0.3) is 5.92 Å². The van der Waals surface area contributed by atoms with Gasteiger partial charge in [-0.05, 0) is 56.1 Å². The molecule has 3 heterocycles. The third-order valence-electron chi connectivity index (χ3n) is 10.4. The van der Waals surface area contributed by atoms with Crippen LogP contribution in [-0.2, 0) is 25.0 Å². The third kappa shape index (κ3) is 5.40. The molecule has 11 heteroatoms. The van der Waals surface area contributed by atoms with Gasteiger partial charge in [0.15, 0.2) is 5.69 Å². The lowest BCUT2D eigenvalue weighted by Gasteiger charge is -2.34. The highest BCUT2D eigenvalue weighted by Gasteiger charge is 2.60. The number of esters is 1. The number of alkyl halides is 2. The van der Waals surface area contributed by atoms with Gasteiger partial charge in [-0.15, -0.1) is 0 Å². The SMILES string of the molecule is COc1ccc2nc3c(nc2c1)O[C@H]1CN(C(=O)[C@H](C(C)(C)C)CC(=O)O[C@]2(C)C[C@H]2CCC2CC2C3(F)F)[C@H](C=O)[C@@H]1C. The average molecular weight is 614 g/mol. The lowest BCUT2D eigenvalue weighted by molar-refractivity contribution is -0.158. The molecule has 2 bridgehead atoms. The van der Waals surface area contributed by atoms with Crippen LogP contribution in [0.3, 0.4) is 0 Å². The molecule has 2 aromatic rings. The average Bonchev–Trinajstić information content (AvgIpc) is 3.85. The molecule has 2 aliphatic heterocycles. The van der Waals surface area contributed by atoms with Crippen LogP contribution in [0.25, 0.3) is 11.0 Å². The largest absolute Gasteiger partial charge is 0.497 e. The van der Waals surface area contributed by atoms with Crippen LogP contribution < -0.4 is 9.47 Å². The third-order valence-corrected chi connectivity index (χ3v) is 10.4. The zero-order valence-corrected chi connectivity index (χ0v) is 26.1. The lowest BCUT2D eigenvalue weighted by atomic mass is 9.77. The molecule has 3 fully saturated rings. The van der Waals surface area contributed by atoms with Gasteiger partial charge in [-0.1, -0.05) is 27.7 Å². The predicted molar refractivity (Wildman–Crippen MR) is 156 cm³/mol. The van der Waals surface area contributed by atoms with E-state index in [1.54, 1.807) is 25.1 Å². The zero-order valence-electron chi connectivity index (χ0n) is 26.1. The molecule has 1 amide bonds. The summed E-state index contributed by atoms with van der Waals surface area (Å²) in [5, 5.41) is 0. The molecule has 2 aliphatic carbocycles. The van der Waals surface area contributed by atoms with Gasteiger partial charge in [0.1, 0.15) is 23.7 Å². The minimum absolute atomic E-state index is 0.0281. The van der Waals surface area contributed by atoms with E-state index in [-0.39, 0.29) is 42.1 Å². The standard InChI is InChI=1S/C33H41F2N3O6/c1-17-25(16-39)38-15-26(17)43-29-28(36-23-10-9-20(42-6)12-24(23)37-29)33(34,35)21-11-18(21)7-8-19-14-32(19,5)44-27(40)13-22(30(38)41)31(2,3)4/h9-10,12,16-19,21-22,25-26H,7-8,11,13-15H2,1-6H3/t17-,18?,19+,21?,22+,25+,26-,32+/m0/s1. The fraction of sp³-hybridized carbons (Fsp3) is 0.667. The number of methoxy groups -OCH3 is 1. The van der Waals surface area contributed by atoms with Crippen LogP contribution in [-0.4, -0.2) is 64.4 Å². The number of carbonyl (C=O) groups is 3. The van der Waals surface area contributed by atoms with E-state index < -0.39 is 58.5 Å². The van der Waals surface area contributed by atoms with Crippen molar-refractivity contribution in [2.75, 3.05) is 13.7 Å². The van der Waals surface area contributed by atoms with Crippen molar-refractivity contribution in [3.05, 3.63) is 23.9 Å². The van der Waals surface area contributed by atoms with Crippen LogP contribution in [0.2, 0.25) is 0 Å².